The van der Waals surface area contributed by atoms with Gasteiger partial charge in [0.15, 0.2) is 0 Å². The number of likely N-dealkylation sites (tertiary alicyclic amines) is 1. The largest absolute Gasteiger partial charge is 0.507 e. The van der Waals surface area contributed by atoms with Gasteiger partial charge in [0.25, 0.3) is 11.7 Å². The Labute approximate surface area is 201 Å². The second-order valence-corrected chi connectivity index (χ2v) is 9.53. The minimum absolute atomic E-state index is 0.0308. The van der Waals surface area contributed by atoms with Crippen molar-refractivity contribution in [3.63, 3.8) is 0 Å². The van der Waals surface area contributed by atoms with E-state index in [1.807, 2.05) is 13.0 Å². The van der Waals surface area contributed by atoms with Gasteiger partial charge < -0.3 is 19.5 Å². The van der Waals surface area contributed by atoms with Crippen molar-refractivity contribution < 1.29 is 24.2 Å². The van der Waals surface area contributed by atoms with E-state index in [1.165, 1.54) is 4.90 Å². The number of benzene rings is 2. The highest BCUT2D eigenvalue weighted by Gasteiger charge is 2.47. The van der Waals surface area contributed by atoms with Crippen molar-refractivity contribution >= 4 is 40.7 Å². The molecule has 0 bridgehead atoms. The molecule has 1 amide bonds. The summed E-state index contributed by atoms with van der Waals surface area (Å²) in [5.74, 6) is -0.853. The summed E-state index contributed by atoms with van der Waals surface area (Å²) in [5, 5.41) is 12.0. The number of hydrogen-bond donors (Lipinski definition) is 1. The molecule has 0 spiro atoms. The number of nitrogens with zero attached hydrogens (tertiary/aromatic N) is 1. The highest BCUT2D eigenvalue weighted by Crippen LogP contribution is 2.42. The first-order chi connectivity index (χ1) is 15.8. The van der Waals surface area contributed by atoms with E-state index in [2.05, 4.69) is 0 Å². The number of hydrogen-bond acceptors (Lipinski definition) is 5. The fourth-order valence-corrected chi connectivity index (χ4v) is 5.14. The third-order valence-electron chi connectivity index (χ3n) is 6.39. The van der Waals surface area contributed by atoms with Gasteiger partial charge in [-0.3, -0.25) is 9.59 Å². The van der Waals surface area contributed by atoms with Crippen LogP contribution >= 0.6 is 23.2 Å². The number of Topliss-reactive ketones (excluding diaryl/α,β-unsaturated/α-hetero) is 1. The Hall–Kier alpha value is -2.54. The summed E-state index contributed by atoms with van der Waals surface area (Å²) in [6, 6.07) is 9.48. The molecule has 3 unspecified atom stereocenters. The van der Waals surface area contributed by atoms with Crippen LogP contribution in [-0.4, -0.2) is 47.1 Å². The Bertz CT molecular complexity index is 1170. The summed E-state index contributed by atoms with van der Waals surface area (Å²) in [6.45, 7) is 2.85. The normalized spacial score (nSPS) is 26.0. The number of amides is 1. The molecule has 2 saturated heterocycles. The lowest BCUT2D eigenvalue weighted by Gasteiger charge is -2.27. The van der Waals surface area contributed by atoms with Crippen LogP contribution in [0.3, 0.4) is 0 Å². The molecule has 33 heavy (non-hydrogen) atoms. The molecule has 5 rings (SSSR count). The lowest BCUT2D eigenvalue weighted by atomic mass is 9.94. The summed E-state index contributed by atoms with van der Waals surface area (Å²) in [5.41, 5.74) is 2.04. The average molecular weight is 488 g/mol. The van der Waals surface area contributed by atoms with Crippen molar-refractivity contribution in [1.82, 2.24) is 4.90 Å². The van der Waals surface area contributed by atoms with E-state index in [0.717, 1.165) is 24.2 Å². The Balaban J connectivity index is 1.61. The number of rotatable bonds is 4. The third kappa shape index (κ3) is 4.01. The second kappa shape index (κ2) is 8.67. The molecule has 3 aliphatic rings. The predicted molar refractivity (Wildman–Crippen MR) is 125 cm³/mol. The monoisotopic (exact) mass is 487 g/mol. The molecule has 2 fully saturated rings. The minimum atomic E-state index is -0.799. The Morgan fingerprint density at radius 1 is 1.15 bits per heavy atom. The molecule has 3 atom stereocenters. The van der Waals surface area contributed by atoms with Crippen molar-refractivity contribution in [2.24, 2.45) is 0 Å². The van der Waals surface area contributed by atoms with Gasteiger partial charge in [-0.1, -0.05) is 29.3 Å². The molecule has 172 valence electrons. The first kappa shape index (κ1) is 22.3. The first-order valence-corrected chi connectivity index (χ1v) is 11.7. The highest BCUT2D eigenvalue weighted by molar-refractivity contribution is 6.47. The summed E-state index contributed by atoms with van der Waals surface area (Å²) in [6.07, 6.45) is 2.31. The molecular formula is C25H23Cl2NO5. The van der Waals surface area contributed by atoms with Crippen LogP contribution in [-0.2, 0) is 20.7 Å². The van der Waals surface area contributed by atoms with Gasteiger partial charge in [-0.2, -0.15) is 0 Å². The molecule has 2 aromatic carbocycles. The zero-order chi connectivity index (χ0) is 23.3. The molecule has 0 aliphatic carbocycles. The molecule has 6 nitrogen and oxygen atoms in total. The zero-order valence-corrected chi connectivity index (χ0v) is 19.5. The SMILES string of the molecule is CC1Cc2cc(C(O)=C3C(=O)C(=O)N(CC4CCCO4)C3c3ccc(Cl)c(Cl)c3)ccc2O1. The molecule has 0 radical (unpaired) electrons. The van der Waals surface area contributed by atoms with E-state index in [9.17, 15) is 14.7 Å². The lowest BCUT2D eigenvalue weighted by Crippen LogP contribution is -2.36. The summed E-state index contributed by atoms with van der Waals surface area (Å²) in [7, 11) is 0. The van der Waals surface area contributed by atoms with E-state index in [4.69, 9.17) is 32.7 Å². The van der Waals surface area contributed by atoms with Crippen molar-refractivity contribution in [2.75, 3.05) is 13.2 Å². The maximum atomic E-state index is 13.2. The van der Waals surface area contributed by atoms with Crippen molar-refractivity contribution in [3.8, 4) is 5.75 Å². The number of carbonyl (C=O) groups is 2. The van der Waals surface area contributed by atoms with E-state index < -0.39 is 17.7 Å². The smallest absolute Gasteiger partial charge is 0.295 e. The van der Waals surface area contributed by atoms with Crippen molar-refractivity contribution in [3.05, 3.63) is 68.7 Å². The van der Waals surface area contributed by atoms with Crippen LogP contribution in [0.5, 0.6) is 5.75 Å². The van der Waals surface area contributed by atoms with Crippen LogP contribution in [0.2, 0.25) is 10.0 Å². The van der Waals surface area contributed by atoms with Crippen LogP contribution in [0.15, 0.2) is 42.0 Å². The van der Waals surface area contributed by atoms with Crippen LogP contribution in [0.4, 0.5) is 0 Å². The van der Waals surface area contributed by atoms with Crippen LogP contribution < -0.4 is 4.74 Å². The fraction of sp³-hybridized carbons (Fsp3) is 0.360. The van der Waals surface area contributed by atoms with Gasteiger partial charge in [0, 0.05) is 25.1 Å². The molecule has 2 aromatic rings. The molecule has 3 heterocycles. The molecule has 3 aliphatic heterocycles. The van der Waals surface area contributed by atoms with Gasteiger partial charge in [0.1, 0.15) is 17.6 Å². The number of ether oxygens (including phenoxy) is 2. The van der Waals surface area contributed by atoms with Crippen molar-refractivity contribution in [1.29, 1.82) is 0 Å². The minimum Gasteiger partial charge on any atom is -0.507 e. The Kier molecular flexibility index (Phi) is 5.85. The maximum absolute atomic E-state index is 13.2. The quantitative estimate of drug-likeness (QED) is 0.376. The predicted octanol–water partition coefficient (Wildman–Crippen LogP) is 4.92. The van der Waals surface area contributed by atoms with E-state index >= 15 is 0 Å². The molecule has 0 aromatic heterocycles. The molecular weight excluding hydrogens is 465 g/mol. The average Bonchev–Trinajstić information content (AvgIpc) is 3.49. The van der Waals surface area contributed by atoms with Gasteiger partial charge in [0.05, 0.1) is 27.8 Å². The van der Waals surface area contributed by atoms with Crippen LogP contribution in [0, 0.1) is 0 Å². The number of fused-ring (bicyclic) bond motifs is 1. The molecule has 0 saturated carbocycles. The van der Waals surface area contributed by atoms with E-state index in [0.29, 0.717) is 34.2 Å². The number of halogens is 2. The number of ketones is 1. The topological polar surface area (TPSA) is 76.1 Å². The maximum Gasteiger partial charge on any atom is 0.295 e. The second-order valence-electron chi connectivity index (χ2n) is 8.72. The lowest BCUT2D eigenvalue weighted by molar-refractivity contribution is -0.140. The van der Waals surface area contributed by atoms with Gasteiger partial charge in [-0.15, -0.1) is 0 Å². The third-order valence-corrected chi connectivity index (χ3v) is 7.13. The van der Waals surface area contributed by atoms with Crippen LogP contribution in [0.25, 0.3) is 5.76 Å². The highest BCUT2D eigenvalue weighted by atomic mass is 35.5. The zero-order valence-electron chi connectivity index (χ0n) is 18.0. The standard InChI is InChI=1S/C25H23Cl2NO5/c1-13-9-16-10-15(5-7-20(16)33-13)23(29)21-22(14-4-6-18(26)19(27)11-14)28(25(31)24(21)30)12-17-3-2-8-32-17/h4-7,10-11,13,17,22,29H,2-3,8-9,12H2,1H3. The molecule has 1 N–H and O–H groups in total. The first-order valence-electron chi connectivity index (χ1n) is 11.0. The van der Waals surface area contributed by atoms with Crippen molar-refractivity contribution in [2.45, 2.75) is 44.4 Å². The number of aliphatic hydroxyl groups is 1. The van der Waals surface area contributed by atoms with Crippen LogP contribution in [0.1, 0.15) is 42.5 Å². The summed E-state index contributed by atoms with van der Waals surface area (Å²) >= 11 is 12.4. The van der Waals surface area contributed by atoms with E-state index in [-0.39, 0.29) is 30.1 Å². The summed E-state index contributed by atoms with van der Waals surface area (Å²) < 4.78 is 11.5. The Morgan fingerprint density at radius 2 is 1.97 bits per heavy atom. The number of aliphatic hydroxyl groups excluding tert-OH is 1. The molecule has 8 heteroatoms. The van der Waals surface area contributed by atoms with Gasteiger partial charge in [0.2, 0.25) is 0 Å². The fourth-order valence-electron chi connectivity index (χ4n) is 4.83. The Morgan fingerprint density at radius 3 is 2.70 bits per heavy atom. The van der Waals surface area contributed by atoms with Gasteiger partial charge in [-0.05, 0) is 61.2 Å². The summed E-state index contributed by atoms with van der Waals surface area (Å²) in [4.78, 5) is 27.8. The van der Waals surface area contributed by atoms with E-state index in [1.54, 1.807) is 30.3 Å². The van der Waals surface area contributed by atoms with Gasteiger partial charge in [-0.25, -0.2) is 0 Å². The number of carbonyl (C=O) groups excluding carboxylic acids is 2. The van der Waals surface area contributed by atoms with Gasteiger partial charge >= 0.3 is 0 Å².